The van der Waals surface area contributed by atoms with Gasteiger partial charge in [-0.15, -0.1) is 0 Å². The van der Waals surface area contributed by atoms with Crippen molar-refractivity contribution in [1.29, 1.82) is 0 Å². The monoisotopic (exact) mass is 214 g/mol. The molecule has 1 aromatic carbocycles. The molecular weight excluding hydrogens is 196 g/mol. The minimum Gasteiger partial charge on any atom is -0.267 e. The summed E-state index contributed by atoms with van der Waals surface area (Å²) in [6, 6.07) is 8.40. The summed E-state index contributed by atoms with van der Waals surface area (Å²) >= 11 is 0. The molecule has 2 rings (SSSR count). The molecule has 2 heteroatoms. The van der Waals surface area contributed by atoms with Crippen molar-refractivity contribution in [3.05, 3.63) is 42.2 Å². The number of rotatable bonds is 1. The third kappa shape index (κ3) is 2.01. The van der Waals surface area contributed by atoms with Gasteiger partial charge in [0.2, 0.25) is 0 Å². The van der Waals surface area contributed by atoms with Crippen LogP contribution >= 0.6 is 0 Å². The van der Waals surface area contributed by atoms with Crippen LogP contribution in [0.2, 0.25) is 0 Å². The van der Waals surface area contributed by atoms with Crippen molar-refractivity contribution in [1.82, 2.24) is 9.78 Å². The highest BCUT2D eigenvalue weighted by atomic mass is 15.3. The second kappa shape index (κ2) is 3.78. The van der Waals surface area contributed by atoms with Crippen molar-refractivity contribution in [3.8, 4) is 11.1 Å². The Morgan fingerprint density at radius 1 is 1.12 bits per heavy atom. The van der Waals surface area contributed by atoms with Crippen LogP contribution in [-0.2, 0) is 5.54 Å². The first kappa shape index (κ1) is 10.9. The van der Waals surface area contributed by atoms with Gasteiger partial charge in [0.25, 0.3) is 0 Å². The molecule has 0 spiro atoms. The minimum absolute atomic E-state index is 0.0426. The number of hydrogen-bond acceptors (Lipinski definition) is 1. The summed E-state index contributed by atoms with van der Waals surface area (Å²) in [5.41, 5.74) is 3.78. The average molecular weight is 214 g/mol. The molecule has 0 aliphatic carbocycles. The Morgan fingerprint density at radius 3 is 2.38 bits per heavy atom. The van der Waals surface area contributed by atoms with Crippen LogP contribution in [0.4, 0.5) is 0 Å². The van der Waals surface area contributed by atoms with E-state index in [4.69, 9.17) is 0 Å². The maximum atomic E-state index is 4.42. The SMILES string of the molecule is Cc1ccccc1-c1cnn(C(C)(C)C)c1. The fourth-order valence-electron chi connectivity index (χ4n) is 1.73. The molecule has 0 atom stereocenters. The summed E-state index contributed by atoms with van der Waals surface area (Å²) in [5.74, 6) is 0. The van der Waals surface area contributed by atoms with Crippen LogP contribution in [0.3, 0.4) is 0 Å². The molecule has 2 aromatic rings. The lowest BCUT2D eigenvalue weighted by Crippen LogP contribution is -2.21. The zero-order valence-corrected chi connectivity index (χ0v) is 10.4. The Balaban J connectivity index is 2.44. The lowest BCUT2D eigenvalue weighted by Gasteiger charge is -2.18. The van der Waals surface area contributed by atoms with E-state index in [1.807, 2.05) is 10.9 Å². The number of aromatic nitrogens is 2. The topological polar surface area (TPSA) is 17.8 Å². The van der Waals surface area contributed by atoms with Gasteiger partial charge in [-0.25, -0.2) is 0 Å². The van der Waals surface area contributed by atoms with E-state index in [-0.39, 0.29) is 5.54 Å². The Kier molecular flexibility index (Phi) is 2.58. The normalized spacial score (nSPS) is 11.8. The molecule has 0 bridgehead atoms. The first-order valence-corrected chi connectivity index (χ1v) is 5.59. The van der Waals surface area contributed by atoms with Gasteiger partial charge >= 0.3 is 0 Å². The summed E-state index contributed by atoms with van der Waals surface area (Å²) in [6.45, 7) is 8.59. The lowest BCUT2D eigenvalue weighted by molar-refractivity contribution is 0.355. The first-order valence-electron chi connectivity index (χ1n) is 5.59. The van der Waals surface area contributed by atoms with Gasteiger partial charge in [0, 0.05) is 11.8 Å². The fraction of sp³-hybridized carbons (Fsp3) is 0.357. The third-order valence-corrected chi connectivity index (χ3v) is 2.73. The zero-order valence-electron chi connectivity index (χ0n) is 10.4. The highest BCUT2D eigenvalue weighted by Gasteiger charge is 2.14. The van der Waals surface area contributed by atoms with Gasteiger partial charge in [0.1, 0.15) is 0 Å². The molecular formula is C14H18N2. The maximum absolute atomic E-state index is 4.42. The largest absolute Gasteiger partial charge is 0.267 e. The average Bonchev–Trinajstić information content (AvgIpc) is 2.66. The molecule has 1 aromatic heterocycles. The zero-order chi connectivity index (χ0) is 11.8. The van der Waals surface area contributed by atoms with Gasteiger partial charge in [-0.05, 0) is 38.8 Å². The van der Waals surface area contributed by atoms with Crippen molar-refractivity contribution < 1.29 is 0 Å². The van der Waals surface area contributed by atoms with Crippen LogP contribution in [0, 0.1) is 6.92 Å². The molecule has 0 aliphatic heterocycles. The van der Waals surface area contributed by atoms with E-state index in [1.165, 1.54) is 16.7 Å². The van der Waals surface area contributed by atoms with E-state index >= 15 is 0 Å². The van der Waals surface area contributed by atoms with Crippen molar-refractivity contribution in [2.75, 3.05) is 0 Å². The maximum Gasteiger partial charge on any atom is 0.0568 e. The Morgan fingerprint density at radius 2 is 1.81 bits per heavy atom. The van der Waals surface area contributed by atoms with Crippen LogP contribution in [0.1, 0.15) is 26.3 Å². The first-order chi connectivity index (χ1) is 7.48. The molecule has 0 fully saturated rings. The fourth-order valence-corrected chi connectivity index (χ4v) is 1.73. The Labute approximate surface area is 96.9 Å². The van der Waals surface area contributed by atoms with E-state index in [9.17, 15) is 0 Å². The van der Waals surface area contributed by atoms with Crippen LogP contribution in [-0.4, -0.2) is 9.78 Å². The molecule has 0 aliphatic rings. The summed E-state index contributed by atoms with van der Waals surface area (Å²) < 4.78 is 2.01. The molecule has 84 valence electrons. The molecule has 0 unspecified atom stereocenters. The number of aryl methyl sites for hydroxylation is 1. The van der Waals surface area contributed by atoms with Crippen molar-refractivity contribution in [2.24, 2.45) is 0 Å². The van der Waals surface area contributed by atoms with Gasteiger partial charge in [0.05, 0.1) is 11.7 Å². The van der Waals surface area contributed by atoms with E-state index < -0.39 is 0 Å². The Bertz CT molecular complexity index is 489. The van der Waals surface area contributed by atoms with Crippen LogP contribution in [0.15, 0.2) is 36.7 Å². The van der Waals surface area contributed by atoms with Crippen LogP contribution in [0.5, 0.6) is 0 Å². The van der Waals surface area contributed by atoms with E-state index in [0.717, 1.165) is 0 Å². The highest BCUT2D eigenvalue weighted by molar-refractivity contribution is 5.65. The minimum atomic E-state index is 0.0426. The van der Waals surface area contributed by atoms with E-state index in [2.05, 4.69) is 63.3 Å². The van der Waals surface area contributed by atoms with Crippen LogP contribution in [0.25, 0.3) is 11.1 Å². The molecule has 16 heavy (non-hydrogen) atoms. The molecule has 2 nitrogen and oxygen atoms in total. The third-order valence-electron chi connectivity index (χ3n) is 2.73. The number of hydrogen-bond donors (Lipinski definition) is 0. The lowest BCUT2D eigenvalue weighted by atomic mass is 10.0. The quantitative estimate of drug-likeness (QED) is 0.709. The molecule has 1 heterocycles. The highest BCUT2D eigenvalue weighted by Crippen LogP contribution is 2.24. The van der Waals surface area contributed by atoms with Gasteiger partial charge in [-0.1, -0.05) is 24.3 Å². The summed E-state index contributed by atoms with van der Waals surface area (Å²) in [4.78, 5) is 0. The van der Waals surface area contributed by atoms with Gasteiger partial charge in [-0.2, -0.15) is 5.10 Å². The van der Waals surface area contributed by atoms with Gasteiger partial charge < -0.3 is 0 Å². The number of nitrogens with zero attached hydrogens (tertiary/aromatic N) is 2. The van der Waals surface area contributed by atoms with E-state index in [1.54, 1.807) is 0 Å². The summed E-state index contributed by atoms with van der Waals surface area (Å²) in [5, 5.41) is 4.42. The molecule has 0 amide bonds. The van der Waals surface area contributed by atoms with Crippen molar-refractivity contribution in [3.63, 3.8) is 0 Å². The molecule has 0 N–H and O–H groups in total. The standard InChI is InChI=1S/C14H18N2/c1-11-7-5-6-8-13(11)12-9-15-16(10-12)14(2,3)4/h5-10H,1-4H3. The predicted molar refractivity (Wildman–Crippen MR) is 67.4 cm³/mol. The van der Waals surface area contributed by atoms with Gasteiger partial charge in [-0.3, -0.25) is 4.68 Å². The van der Waals surface area contributed by atoms with E-state index in [0.29, 0.717) is 0 Å². The van der Waals surface area contributed by atoms with Crippen molar-refractivity contribution in [2.45, 2.75) is 33.2 Å². The predicted octanol–water partition coefficient (Wildman–Crippen LogP) is 3.61. The summed E-state index contributed by atoms with van der Waals surface area (Å²) in [6.07, 6.45) is 4.05. The molecule has 0 saturated heterocycles. The number of benzene rings is 1. The Hall–Kier alpha value is -1.57. The summed E-state index contributed by atoms with van der Waals surface area (Å²) in [7, 11) is 0. The molecule has 0 saturated carbocycles. The van der Waals surface area contributed by atoms with Crippen LogP contribution < -0.4 is 0 Å². The molecule has 0 radical (unpaired) electrons. The second-order valence-electron chi connectivity index (χ2n) is 5.16. The van der Waals surface area contributed by atoms with Gasteiger partial charge in [0.15, 0.2) is 0 Å². The second-order valence-corrected chi connectivity index (χ2v) is 5.16. The van der Waals surface area contributed by atoms with Crippen molar-refractivity contribution >= 4 is 0 Å². The smallest absolute Gasteiger partial charge is 0.0568 e.